The number of benzene rings is 1. The summed E-state index contributed by atoms with van der Waals surface area (Å²) in [5.41, 5.74) is 4.01. The molecule has 1 aliphatic carbocycles. The minimum Gasteiger partial charge on any atom is -0.486 e. The summed E-state index contributed by atoms with van der Waals surface area (Å²) in [5, 5.41) is 3.28. The fourth-order valence-electron chi connectivity index (χ4n) is 3.89. The van der Waals surface area contributed by atoms with Crippen LogP contribution in [-0.2, 0) is 6.54 Å². The molecule has 1 atom stereocenters. The van der Waals surface area contributed by atoms with E-state index in [9.17, 15) is 4.79 Å². The molecule has 5 heteroatoms. The van der Waals surface area contributed by atoms with Crippen molar-refractivity contribution in [1.29, 1.82) is 0 Å². The Kier molecular flexibility index (Phi) is 4.39. The number of nitrogens with one attached hydrogen (secondary N) is 1. The van der Waals surface area contributed by atoms with Gasteiger partial charge in [0.25, 0.3) is 5.91 Å². The van der Waals surface area contributed by atoms with Crippen LogP contribution in [-0.4, -0.2) is 23.7 Å². The number of hydrogen-bond donors (Lipinski definition) is 1. The zero-order valence-electron chi connectivity index (χ0n) is 15.7. The van der Waals surface area contributed by atoms with E-state index in [1.807, 2.05) is 38.1 Å². The third-order valence-electron chi connectivity index (χ3n) is 5.44. The van der Waals surface area contributed by atoms with E-state index < -0.39 is 0 Å². The van der Waals surface area contributed by atoms with Gasteiger partial charge in [-0.2, -0.15) is 0 Å². The number of fused-ring (bicyclic) bond motifs is 1. The SMILES string of the molecule is CCn1c(C)cc(C(=O)N[C@H](c2ccc3c(c2)OCCO3)C2CC2)c1C. The maximum atomic E-state index is 13.0. The second-order valence-electron chi connectivity index (χ2n) is 7.22. The molecule has 26 heavy (non-hydrogen) atoms. The summed E-state index contributed by atoms with van der Waals surface area (Å²) in [6, 6.07) is 8.03. The topological polar surface area (TPSA) is 52.5 Å². The van der Waals surface area contributed by atoms with Crippen molar-refractivity contribution in [2.45, 2.75) is 46.2 Å². The van der Waals surface area contributed by atoms with Crippen LogP contribution in [0.2, 0.25) is 0 Å². The molecule has 0 saturated heterocycles. The third kappa shape index (κ3) is 3.06. The Bertz CT molecular complexity index is 836. The fraction of sp³-hybridized carbons (Fsp3) is 0.476. The van der Waals surface area contributed by atoms with Gasteiger partial charge >= 0.3 is 0 Å². The average molecular weight is 354 g/mol. The molecule has 1 N–H and O–H groups in total. The number of ether oxygens (including phenoxy) is 2. The molecule has 2 aromatic rings. The Morgan fingerprint density at radius 3 is 2.58 bits per heavy atom. The Balaban J connectivity index is 1.59. The van der Waals surface area contributed by atoms with Crippen LogP contribution in [0.3, 0.4) is 0 Å². The lowest BCUT2D eigenvalue weighted by Crippen LogP contribution is -2.30. The van der Waals surface area contributed by atoms with Crippen LogP contribution >= 0.6 is 0 Å². The standard InChI is InChI=1S/C21H26N2O3/c1-4-23-13(2)11-17(14(23)3)21(24)22-20(15-5-6-15)16-7-8-18-19(12-16)26-10-9-25-18/h7-8,11-12,15,20H,4-6,9-10H2,1-3H3,(H,22,24)/t20-/m0/s1. The predicted octanol–water partition coefficient (Wildman–Crippen LogP) is 3.78. The van der Waals surface area contributed by atoms with Crippen molar-refractivity contribution >= 4 is 5.91 Å². The summed E-state index contributed by atoms with van der Waals surface area (Å²) < 4.78 is 13.5. The minimum atomic E-state index is 0.00425. The van der Waals surface area contributed by atoms with E-state index in [0.29, 0.717) is 19.1 Å². The van der Waals surface area contributed by atoms with E-state index in [2.05, 4.69) is 16.8 Å². The lowest BCUT2D eigenvalue weighted by Gasteiger charge is -2.23. The highest BCUT2D eigenvalue weighted by Gasteiger charge is 2.34. The molecule has 1 fully saturated rings. The molecule has 0 unspecified atom stereocenters. The van der Waals surface area contributed by atoms with E-state index in [0.717, 1.165) is 53.4 Å². The highest BCUT2D eigenvalue weighted by Crippen LogP contribution is 2.43. The number of rotatable bonds is 5. The monoisotopic (exact) mass is 354 g/mol. The van der Waals surface area contributed by atoms with Crippen LogP contribution < -0.4 is 14.8 Å². The third-order valence-corrected chi connectivity index (χ3v) is 5.44. The van der Waals surface area contributed by atoms with Gasteiger partial charge in [-0.05, 0) is 63.3 Å². The fourth-order valence-corrected chi connectivity index (χ4v) is 3.89. The Labute approximate surface area is 154 Å². The van der Waals surface area contributed by atoms with Gasteiger partial charge in [-0.15, -0.1) is 0 Å². The van der Waals surface area contributed by atoms with Crippen LogP contribution in [0.5, 0.6) is 11.5 Å². The quantitative estimate of drug-likeness (QED) is 0.889. The van der Waals surface area contributed by atoms with Crippen molar-refractivity contribution in [2.24, 2.45) is 5.92 Å². The summed E-state index contributed by atoms with van der Waals surface area (Å²) >= 11 is 0. The van der Waals surface area contributed by atoms with Gasteiger partial charge in [0.15, 0.2) is 11.5 Å². The van der Waals surface area contributed by atoms with Crippen molar-refractivity contribution in [3.05, 3.63) is 46.8 Å². The summed E-state index contributed by atoms with van der Waals surface area (Å²) in [4.78, 5) is 13.0. The van der Waals surface area contributed by atoms with Gasteiger partial charge in [0.1, 0.15) is 13.2 Å². The van der Waals surface area contributed by atoms with Crippen LogP contribution in [0.1, 0.15) is 53.1 Å². The highest BCUT2D eigenvalue weighted by atomic mass is 16.6. The molecule has 1 aromatic heterocycles. The van der Waals surface area contributed by atoms with Gasteiger partial charge < -0.3 is 19.4 Å². The summed E-state index contributed by atoms with van der Waals surface area (Å²) in [5.74, 6) is 2.06. The van der Waals surface area contributed by atoms with Gasteiger partial charge in [0, 0.05) is 17.9 Å². The van der Waals surface area contributed by atoms with Crippen molar-refractivity contribution in [2.75, 3.05) is 13.2 Å². The van der Waals surface area contributed by atoms with E-state index in [1.165, 1.54) is 0 Å². The van der Waals surface area contributed by atoms with Crippen LogP contribution in [0.4, 0.5) is 0 Å². The molecule has 5 nitrogen and oxygen atoms in total. The van der Waals surface area contributed by atoms with Crippen LogP contribution in [0.25, 0.3) is 0 Å². The number of carbonyl (C=O) groups excluding carboxylic acids is 1. The lowest BCUT2D eigenvalue weighted by atomic mass is 10.0. The van der Waals surface area contributed by atoms with E-state index in [-0.39, 0.29) is 11.9 Å². The van der Waals surface area contributed by atoms with Crippen molar-refractivity contribution in [1.82, 2.24) is 9.88 Å². The molecular formula is C21H26N2O3. The molecule has 1 saturated carbocycles. The molecule has 0 spiro atoms. The highest BCUT2D eigenvalue weighted by molar-refractivity contribution is 5.96. The lowest BCUT2D eigenvalue weighted by molar-refractivity contribution is 0.0930. The van der Waals surface area contributed by atoms with Crippen molar-refractivity contribution < 1.29 is 14.3 Å². The van der Waals surface area contributed by atoms with E-state index in [4.69, 9.17) is 9.47 Å². The van der Waals surface area contributed by atoms with Gasteiger partial charge in [-0.25, -0.2) is 0 Å². The molecule has 2 aliphatic rings. The molecular weight excluding hydrogens is 328 g/mol. The maximum absolute atomic E-state index is 13.0. The average Bonchev–Trinajstić information content (AvgIpc) is 3.44. The predicted molar refractivity (Wildman–Crippen MR) is 99.9 cm³/mol. The number of amides is 1. The zero-order chi connectivity index (χ0) is 18.3. The van der Waals surface area contributed by atoms with E-state index in [1.54, 1.807) is 0 Å². The molecule has 0 bridgehead atoms. The largest absolute Gasteiger partial charge is 0.486 e. The first kappa shape index (κ1) is 17.0. The van der Waals surface area contributed by atoms with Gasteiger partial charge in [0.05, 0.1) is 11.6 Å². The van der Waals surface area contributed by atoms with Gasteiger partial charge in [0.2, 0.25) is 0 Å². The van der Waals surface area contributed by atoms with E-state index >= 15 is 0 Å². The number of hydrogen-bond acceptors (Lipinski definition) is 3. The minimum absolute atomic E-state index is 0.00425. The smallest absolute Gasteiger partial charge is 0.253 e. The number of carbonyl (C=O) groups is 1. The normalized spacial score (nSPS) is 17.0. The zero-order valence-corrected chi connectivity index (χ0v) is 15.7. The molecule has 1 aliphatic heterocycles. The number of aromatic nitrogens is 1. The van der Waals surface area contributed by atoms with Crippen LogP contribution in [0, 0.1) is 19.8 Å². The van der Waals surface area contributed by atoms with Crippen molar-refractivity contribution in [3.63, 3.8) is 0 Å². The first-order valence-electron chi connectivity index (χ1n) is 9.45. The van der Waals surface area contributed by atoms with Gasteiger partial charge in [-0.1, -0.05) is 6.07 Å². The first-order valence-corrected chi connectivity index (χ1v) is 9.45. The van der Waals surface area contributed by atoms with Gasteiger partial charge in [-0.3, -0.25) is 4.79 Å². The molecule has 4 rings (SSSR count). The first-order chi connectivity index (χ1) is 12.6. The number of aryl methyl sites for hydroxylation is 1. The number of nitrogens with zero attached hydrogens (tertiary/aromatic N) is 1. The summed E-state index contributed by atoms with van der Waals surface area (Å²) in [7, 11) is 0. The maximum Gasteiger partial charge on any atom is 0.253 e. The molecule has 2 heterocycles. The van der Waals surface area contributed by atoms with Crippen LogP contribution in [0.15, 0.2) is 24.3 Å². The Hall–Kier alpha value is -2.43. The Morgan fingerprint density at radius 2 is 1.92 bits per heavy atom. The molecule has 138 valence electrons. The second kappa shape index (κ2) is 6.71. The molecule has 0 radical (unpaired) electrons. The second-order valence-corrected chi connectivity index (χ2v) is 7.22. The molecule has 1 amide bonds. The van der Waals surface area contributed by atoms with Crippen molar-refractivity contribution in [3.8, 4) is 11.5 Å². The summed E-state index contributed by atoms with van der Waals surface area (Å²) in [6.45, 7) is 8.19. The summed E-state index contributed by atoms with van der Waals surface area (Å²) in [6.07, 6.45) is 2.29. The molecule has 1 aromatic carbocycles. The Morgan fingerprint density at radius 1 is 1.19 bits per heavy atom.